The van der Waals surface area contributed by atoms with E-state index in [-0.39, 0.29) is 11.9 Å². The third-order valence-electron chi connectivity index (χ3n) is 4.06. The predicted octanol–water partition coefficient (Wildman–Crippen LogP) is 3.37. The number of benzene rings is 1. The standard InChI is InChI=1S/C18H25N3O2/c1-4-9-16(22)20-12-8-13-21(20)18(23)19-17-14(5-2)10-7-11-15(17)6-3/h4,7,9-11H,5-6,8,12-13H2,1-3H3,(H,19,23). The summed E-state index contributed by atoms with van der Waals surface area (Å²) in [5, 5.41) is 6.04. The van der Waals surface area contributed by atoms with Crippen LogP contribution in [0.1, 0.15) is 38.3 Å². The Bertz CT molecular complexity index is 588. The van der Waals surface area contributed by atoms with Gasteiger partial charge in [-0.05, 0) is 37.3 Å². The van der Waals surface area contributed by atoms with E-state index in [2.05, 4.69) is 19.2 Å². The Morgan fingerprint density at radius 3 is 2.30 bits per heavy atom. The Labute approximate surface area is 137 Å². The molecule has 0 atom stereocenters. The zero-order valence-electron chi connectivity index (χ0n) is 14.1. The number of urea groups is 1. The molecule has 1 aromatic rings. The van der Waals surface area contributed by atoms with Gasteiger partial charge < -0.3 is 5.32 Å². The highest BCUT2D eigenvalue weighted by atomic mass is 16.2. The fraction of sp³-hybridized carbons (Fsp3) is 0.444. The summed E-state index contributed by atoms with van der Waals surface area (Å²) < 4.78 is 0. The first-order valence-corrected chi connectivity index (χ1v) is 8.25. The van der Waals surface area contributed by atoms with Crippen molar-refractivity contribution in [3.8, 4) is 0 Å². The molecule has 124 valence electrons. The van der Waals surface area contributed by atoms with E-state index in [1.165, 1.54) is 16.1 Å². The molecular weight excluding hydrogens is 290 g/mol. The quantitative estimate of drug-likeness (QED) is 0.866. The SMILES string of the molecule is CC=CC(=O)N1CCCN1C(=O)Nc1c(CC)cccc1CC. The molecule has 1 aliphatic heterocycles. The highest BCUT2D eigenvalue weighted by Gasteiger charge is 2.30. The monoisotopic (exact) mass is 315 g/mol. The third-order valence-corrected chi connectivity index (χ3v) is 4.06. The second-order valence-electron chi connectivity index (χ2n) is 5.53. The van der Waals surface area contributed by atoms with E-state index >= 15 is 0 Å². The van der Waals surface area contributed by atoms with Crippen molar-refractivity contribution in [2.45, 2.75) is 40.0 Å². The molecule has 23 heavy (non-hydrogen) atoms. The highest BCUT2D eigenvalue weighted by molar-refractivity contribution is 5.95. The van der Waals surface area contributed by atoms with Gasteiger partial charge in [0.05, 0.1) is 0 Å². The van der Waals surface area contributed by atoms with Gasteiger partial charge in [0.2, 0.25) is 0 Å². The minimum absolute atomic E-state index is 0.153. The van der Waals surface area contributed by atoms with E-state index in [4.69, 9.17) is 0 Å². The Morgan fingerprint density at radius 2 is 1.74 bits per heavy atom. The van der Waals surface area contributed by atoms with E-state index in [1.807, 2.05) is 18.2 Å². The minimum atomic E-state index is -0.240. The lowest BCUT2D eigenvalue weighted by Gasteiger charge is -2.28. The summed E-state index contributed by atoms with van der Waals surface area (Å²) >= 11 is 0. The number of hydrogen-bond acceptors (Lipinski definition) is 2. The molecule has 1 aliphatic rings. The maximum atomic E-state index is 12.7. The van der Waals surface area contributed by atoms with E-state index in [1.54, 1.807) is 13.0 Å². The van der Waals surface area contributed by atoms with Crippen molar-refractivity contribution in [2.75, 3.05) is 18.4 Å². The molecule has 0 unspecified atom stereocenters. The number of carbonyl (C=O) groups excluding carboxylic acids is 2. The Kier molecular flexibility index (Phi) is 5.79. The molecule has 5 heteroatoms. The number of para-hydroxylation sites is 1. The maximum absolute atomic E-state index is 12.7. The van der Waals surface area contributed by atoms with Gasteiger partial charge in [0, 0.05) is 24.9 Å². The van der Waals surface area contributed by atoms with E-state index in [9.17, 15) is 9.59 Å². The van der Waals surface area contributed by atoms with Crippen LogP contribution >= 0.6 is 0 Å². The Balaban J connectivity index is 2.20. The summed E-state index contributed by atoms with van der Waals surface area (Å²) in [5.74, 6) is -0.153. The number of anilines is 1. The highest BCUT2D eigenvalue weighted by Crippen LogP contribution is 2.24. The van der Waals surface area contributed by atoms with Gasteiger partial charge in [0.15, 0.2) is 0 Å². The fourth-order valence-electron chi connectivity index (χ4n) is 2.86. The molecule has 0 aliphatic carbocycles. The van der Waals surface area contributed by atoms with Crippen LogP contribution in [-0.4, -0.2) is 35.0 Å². The normalized spacial score (nSPS) is 14.6. The zero-order chi connectivity index (χ0) is 16.8. The number of nitrogens with one attached hydrogen (secondary N) is 1. The van der Waals surface area contributed by atoms with Gasteiger partial charge in [0.25, 0.3) is 5.91 Å². The number of hydrogen-bond donors (Lipinski definition) is 1. The topological polar surface area (TPSA) is 52.7 Å². The average Bonchev–Trinajstić information content (AvgIpc) is 3.05. The fourth-order valence-corrected chi connectivity index (χ4v) is 2.86. The van der Waals surface area contributed by atoms with Gasteiger partial charge >= 0.3 is 6.03 Å². The lowest BCUT2D eigenvalue weighted by Crippen LogP contribution is -2.46. The molecule has 0 spiro atoms. The first-order chi connectivity index (χ1) is 11.1. The molecule has 3 amide bonds. The van der Waals surface area contributed by atoms with Crippen LogP contribution in [0.5, 0.6) is 0 Å². The molecule has 1 heterocycles. The van der Waals surface area contributed by atoms with Crippen LogP contribution in [-0.2, 0) is 17.6 Å². The number of carbonyl (C=O) groups is 2. The smallest absolute Gasteiger partial charge is 0.306 e. The molecule has 0 aromatic heterocycles. The van der Waals surface area contributed by atoms with Gasteiger partial charge in [-0.2, -0.15) is 0 Å². The van der Waals surface area contributed by atoms with Crippen molar-refractivity contribution in [1.82, 2.24) is 10.0 Å². The van der Waals surface area contributed by atoms with Gasteiger partial charge in [0.1, 0.15) is 0 Å². The second-order valence-corrected chi connectivity index (χ2v) is 5.53. The molecule has 1 aromatic carbocycles. The van der Waals surface area contributed by atoms with Crippen molar-refractivity contribution in [3.05, 3.63) is 41.5 Å². The number of rotatable bonds is 4. The first-order valence-electron chi connectivity index (χ1n) is 8.25. The van der Waals surface area contributed by atoms with Crippen molar-refractivity contribution in [3.63, 3.8) is 0 Å². The van der Waals surface area contributed by atoms with Gasteiger partial charge in [-0.3, -0.25) is 4.79 Å². The number of nitrogens with zero attached hydrogens (tertiary/aromatic N) is 2. The zero-order valence-corrected chi connectivity index (χ0v) is 14.1. The molecular formula is C18H25N3O2. The van der Waals surface area contributed by atoms with Crippen LogP contribution < -0.4 is 5.32 Å². The minimum Gasteiger partial charge on any atom is -0.306 e. The molecule has 5 nitrogen and oxygen atoms in total. The third kappa shape index (κ3) is 3.73. The number of hydrazine groups is 1. The van der Waals surface area contributed by atoms with Crippen LogP contribution in [0.4, 0.5) is 10.5 Å². The van der Waals surface area contributed by atoms with Crippen molar-refractivity contribution in [1.29, 1.82) is 0 Å². The molecule has 0 saturated carbocycles. The average molecular weight is 315 g/mol. The van der Waals surface area contributed by atoms with Gasteiger partial charge in [-0.1, -0.05) is 38.1 Å². The van der Waals surface area contributed by atoms with Crippen LogP contribution in [0.25, 0.3) is 0 Å². The van der Waals surface area contributed by atoms with Gasteiger partial charge in [-0.15, -0.1) is 0 Å². The van der Waals surface area contributed by atoms with E-state index < -0.39 is 0 Å². The molecule has 0 radical (unpaired) electrons. The lowest BCUT2D eigenvalue weighted by atomic mass is 10.0. The van der Waals surface area contributed by atoms with E-state index in [0.717, 1.165) is 36.1 Å². The van der Waals surface area contributed by atoms with Crippen LogP contribution in [0, 0.1) is 0 Å². The van der Waals surface area contributed by atoms with Crippen molar-refractivity contribution < 1.29 is 9.59 Å². The summed E-state index contributed by atoms with van der Waals surface area (Å²) in [7, 11) is 0. The Hall–Kier alpha value is -2.30. The summed E-state index contributed by atoms with van der Waals surface area (Å²) in [6, 6.07) is 5.84. The predicted molar refractivity (Wildman–Crippen MR) is 92.1 cm³/mol. The van der Waals surface area contributed by atoms with Crippen LogP contribution in [0.3, 0.4) is 0 Å². The second kappa shape index (κ2) is 7.81. The Morgan fingerprint density at radius 1 is 1.13 bits per heavy atom. The molecule has 1 fully saturated rings. The first kappa shape index (κ1) is 17.1. The van der Waals surface area contributed by atoms with Crippen LogP contribution in [0.2, 0.25) is 0 Å². The summed E-state index contributed by atoms with van der Waals surface area (Å²) in [6.45, 7) is 7.07. The maximum Gasteiger partial charge on any atom is 0.340 e. The number of amides is 3. The van der Waals surface area contributed by atoms with Crippen LogP contribution in [0.15, 0.2) is 30.4 Å². The largest absolute Gasteiger partial charge is 0.340 e. The summed E-state index contributed by atoms with van der Waals surface area (Å²) in [5.41, 5.74) is 3.11. The van der Waals surface area contributed by atoms with Crippen molar-refractivity contribution in [2.24, 2.45) is 0 Å². The summed E-state index contributed by atoms with van der Waals surface area (Å²) in [6.07, 6.45) is 5.68. The molecule has 0 bridgehead atoms. The van der Waals surface area contributed by atoms with E-state index in [0.29, 0.717) is 13.1 Å². The lowest BCUT2D eigenvalue weighted by molar-refractivity contribution is -0.134. The number of allylic oxidation sites excluding steroid dienone is 1. The van der Waals surface area contributed by atoms with Gasteiger partial charge in [-0.25, -0.2) is 14.8 Å². The van der Waals surface area contributed by atoms with Crippen molar-refractivity contribution >= 4 is 17.6 Å². The molecule has 2 rings (SSSR count). The summed E-state index contributed by atoms with van der Waals surface area (Å²) in [4.78, 5) is 24.7. The molecule has 1 saturated heterocycles. The number of aryl methyl sites for hydroxylation is 2. The molecule has 1 N–H and O–H groups in total.